The molecule has 0 bridgehead atoms. The number of unbranched alkanes of at least 4 members (excludes halogenated alkanes) is 1. The molecular formula is C22H22N2O5. The number of piperidine rings is 1. The van der Waals surface area contributed by atoms with Crippen LogP contribution >= 0.6 is 0 Å². The quantitative estimate of drug-likeness (QED) is 0.453. The van der Waals surface area contributed by atoms with Gasteiger partial charge in [0.05, 0.1) is 17.2 Å². The van der Waals surface area contributed by atoms with Crippen LogP contribution in [-0.4, -0.2) is 40.7 Å². The predicted molar refractivity (Wildman–Crippen MR) is 103 cm³/mol. The fourth-order valence-electron chi connectivity index (χ4n) is 4.22. The fourth-order valence-corrected chi connectivity index (χ4v) is 4.22. The van der Waals surface area contributed by atoms with Gasteiger partial charge in [0.2, 0.25) is 11.8 Å². The van der Waals surface area contributed by atoms with Gasteiger partial charge < -0.3 is 4.74 Å². The van der Waals surface area contributed by atoms with Crippen molar-refractivity contribution in [2.24, 2.45) is 5.92 Å². The zero-order valence-corrected chi connectivity index (χ0v) is 16.0. The second-order valence-electron chi connectivity index (χ2n) is 7.83. The second kappa shape index (κ2) is 7.70. The molecule has 2 fully saturated rings. The number of hydrogen-bond acceptors (Lipinski definition) is 5. The van der Waals surface area contributed by atoms with Crippen molar-refractivity contribution in [1.29, 1.82) is 0 Å². The lowest BCUT2D eigenvalue weighted by Gasteiger charge is -2.35. The van der Waals surface area contributed by atoms with Crippen molar-refractivity contribution < 1.29 is 23.9 Å². The first-order valence-corrected chi connectivity index (χ1v) is 9.93. The first kappa shape index (κ1) is 19.2. The van der Waals surface area contributed by atoms with Gasteiger partial charge in [0.15, 0.2) is 0 Å². The Bertz CT molecular complexity index is 926. The topological polar surface area (TPSA) is 92.8 Å². The van der Waals surface area contributed by atoms with E-state index in [1.807, 2.05) is 0 Å². The van der Waals surface area contributed by atoms with Crippen molar-refractivity contribution in [3.05, 3.63) is 29.3 Å². The summed E-state index contributed by atoms with van der Waals surface area (Å²) in [5.41, 5.74) is 0.495. The van der Waals surface area contributed by atoms with E-state index < -0.39 is 29.7 Å². The lowest BCUT2D eigenvalue weighted by Crippen LogP contribution is -2.54. The molecule has 0 spiro atoms. The summed E-state index contributed by atoms with van der Waals surface area (Å²) in [6.07, 6.45) is 10.4. The maximum Gasteiger partial charge on any atom is 0.262 e. The summed E-state index contributed by atoms with van der Waals surface area (Å²) in [6, 6.07) is 3.87. The van der Waals surface area contributed by atoms with Crippen LogP contribution in [0, 0.1) is 18.3 Å². The molecule has 2 heterocycles. The molecular weight excluding hydrogens is 372 g/mol. The van der Waals surface area contributed by atoms with Crippen LogP contribution < -0.4 is 10.1 Å². The summed E-state index contributed by atoms with van der Waals surface area (Å²) in [5, 5.41) is 2.19. The zero-order chi connectivity index (χ0) is 20.5. The van der Waals surface area contributed by atoms with Gasteiger partial charge in [-0.05, 0) is 56.2 Å². The predicted octanol–water partition coefficient (Wildman–Crippen LogP) is 2.05. The third-order valence-electron chi connectivity index (χ3n) is 5.84. The molecule has 4 rings (SSSR count). The van der Waals surface area contributed by atoms with Gasteiger partial charge in [-0.1, -0.05) is 0 Å². The SMILES string of the molecule is C#CCCCC1CC(Oc2ccc3c(c2)C(=O)N(C2CCC(=O)NC2=O)C3=O)C1. The van der Waals surface area contributed by atoms with Crippen LogP contribution in [-0.2, 0) is 9.59 Å². The monoisotopic (exact) mass is 394 g/mol. The number of carbonyl (C=O) groups excluding carboxylic acids is 4. The van der Waals surface area contributed by atoms with E-state index in [1.165, 1.54) is 0 Å². The van der Waals surface area contributed by atoms with E-state index in [0.29, 0.717) is 11.7 Å². The van der Waals surface area contributed by atoms with Crippen LogP contribution in [0.4, 0.5) is 0 Å². The smallest absolute Gasteiger partial charge is 0.262 e. The van der Waals surface area contributed by atoms with Crippen molar-refractivity contribution in [2.75, 3.05) is 0 Å². The Labute approximate surface area is 168 Å². The molecule has 1 N–H and O–H groups in total. The van der Waals surface area contributed by atoms with Crippen LogP contribution in [0.5, 0.6) is 5.75 Å². The highest BCUT2D eigenvalue weighted by atomic mass is 16.5. The van der Waals surface area contributed by atoms with Gasteiger partial charge in [-0.25, -0.2) is 0 Å². The van der Waals surface area contributed by atoms with Crippen LogP contribution in [0.3, 0.4) is 0 Å². The standard InChI is InChI=1S/C22H22N2O5/c1-2-3-4-5-13-10-15(11-13)29-14-6-7-16-17(12-14)22(28)24(21(16)27)18-8-9-19(25)23-20(18)26/h1,6-7,12-13,15,18H,3-5,8-11H2,(H,23,25,26). The molecule has 1 aromatic carbocycles. The molecule has 1 aromatic rings. The van der Waals surface area contributed by atoms with Crippen LogP contribution in [0.2, 0.25) is 0 Å². The summed E-state index contributed by atoms with van der Waals surface area (Å²) in [5.74, 6) is 1.77. The average Bonchev–Trinajstić information content (AvgIpc) is 2.90. The summed E-state index contributed by atoms with van der Waals surface area (Å²) in [4.78, 5) is 49.9. The molecule has 7 heteroatoms. The van der Waals surface area contributed by atoms with Crippen molar-refractivity contribution in [2.45, 2.75) is 57.1 Å². The van der Waals surface area contributed by atoms with E-state index in [4.69, 9.17) is 11.2 Å². The van der Waals surface area contributed by atoms with E-state index in [9.17, 15) is 19.2 Å². The third kappa shape index (κ3) is 3.63. The molecule has 4 amide bonds. The van der Waals surface area contributed by atoms with Gasteiger partial charge in [0.25, 0.3) is 11.8 Å². The number of hydrogen-bond donors (Lipinski definition) is 1. The molecule has 1 saturated heterocycles. The Morgan fingerprint density at radius 1 is 1.14 bits per heavy atom. The van der Waals surface area contributed by atoms with E-state index in [1.54, 1.807) is 18.2 Å². The van der Waals surface area contributed by atoms with Gasteiger partial charge in [-0.15, -0.1) is 12.3 Å². The molecule has 1 saturated carbocycles. The number of carbonyl (C=O) groups is 4. The number of nitrogens with zero attached hydrogens (tertiary/aromatic N) is 1. The Kier molecular flexibility index (Phi) is 5.10. The minimum absolute atomic E-state index is 0.0994. The molecule has 3 aliphatic rings. The highest BCUT2D eigenvalue weighted by Gasteiger charge is 2.44. The van der Waals surface area contributed by atoms with Gasteiger partial charge in [0, 0.05) is 12.8 Å². The van der Waals surface area contributed by atoms with Gasteiger partial charge in [-0.3, -0.25) is 29.4 Å². The largest absolute Gasteiger partial charge is 0.490 e. The number of benzene rings is 1. The number of nitrogens with one attached hydrogen (secondary N) is 1. The number of ether oxygens (including phenoxy) is 1. The number of terminal acetylenes is 1. The minimum atomic E-state index is -0.958. The maximum absolute atomic E-state index is 12.8. The van der Waals surface area contributed by atoms with E-state index in [2.05, 4.69) is 11.2 Å². The van der Waals surface area contributed by atoms with Crippen molar-refractivity contribution >= 4 is 23.6 Å². The lowest BCUT2D eigenvalue weighted by molar-refractivity contribution is -0.136. The normalized spacial score (nSPS) is 25.9. The molecule has 1 unspecified atom stereocenters. The molecule has 29 heavy (non-hydrogen) atoms. The number of rotatable bonds is 6. The number of imide groups is 2. The van der Waals surface area contributed by atoms with E-state index in [-0.39, 0.29) is 30.1 Å². The zero-order valence-electron chi connectivity index (χ0n) is 16.0. The highest BCUT2D eigenvalue weighted by molar-refractivity contribution is 6.23. The Morgan fingerprint density at radius 3 is 2.62 bits per heavy atom. The molecule has 2 aliphatic heterocycles. The summed E-state index contributed by atoms with van der Waals surface area (Å²) < 4.78 is 5.97. The summed E-state index contributed by atoms with van der Waals surface area (Å²) >= 11 is 0. The maximum atomic E-state index is 12.8. The Balaban J connectivity index is 1.41. The summed E-state index contributed by atoms with van der Waals surface area (Å²) in [6.45, 7) is 0. The molecule has 150 valence electrons. The molecule has 1 aliphatic carbocycles. The van der Waals surface area contributed by atoms with Crippen molar-refractivity contribution in [3.63, 3.8) is 0 Å². The molecule has 1 atom stereocenters. The van der Waals surface area contributed by atoms with Crippen molar-refractivity contribution in [3.8, 4) is 18.1 Å². The second-order valence-corrected chi connectivity index (χ2v) is 7.83. The Hall–Kier alpha value is -3.14. The lowest BCUT2D eigenvalue weighted by atomic mass is 9.79. The van der Waals surface area contributed by atoms with E-state index >= 15 is 0 Å². The first-order chi connectivity index (χ1) is 14.0. The van der Waals surface area contributed by atoms with Crippen LogP contribution in [0.25, 0.3) is 0 Å². The van der Waals surface area contributed by atoms with Crippen molar-refractivity contribution in [1.82, 2.24) is 10.2 Å². The number of amides is 4. The molecule has 7 nitrogen and oxygen atoms in total. The molecule has 0 aromatic heterocycles. The third-order valence-corrected chi connectivity index (χ3v) is 5.84. The van der Waals surface area contributed by atoms with E-state index in [0.717, 1.165) is 37.0 Å². The van der Waals surface area contributed by atoms with Crippen LogP contribution in [0.15, 0.2) is 18.2 Å². The average molecular weight is 394 g/mol. The van der Waals surface area contributed by atoms with Gasteiger partial charge in [0.1, 0.15) is 11.8 Å². The summed E-state index contributed by atoms with van der Waals surface area (Å²) in [7, 11) is 0. The van der Waals surface area contributed by atoms with Crippen LogP contribution in [0.1, 0.15) is 65.7 Å². The fraction of sp³-hybridized carbons (Fsp3) is 0.455. The number of fused-ring (bicyclic) bond motifs is 1. The molecule has 0 radical (unpaired) electrons. The first-order valence-electron chi connectivity index (χ1n) is 9.93. The Morgan fingerprint density at radius 2 is 1.90 bits per heavy atom. The van der Waals surface area contributed by atoms with Gasteiger partial charge in [-0.2, -0.15) is 0 Å². The minimum Gasteiger partial charge on any atom is -0.490 e. The highest BCUT2D eigenvalue weighted by Crippen LogP contribution is 2.36. The van der Waals surface area contributed by atoms with Gasteiger partial charge >= 0.3 is 0 Å².